The molecule has 0 bridgehead atoms. The molecule has 0 amide bonds. The summed E-state index contributed by atoms with van der Waals surface area (Å²) in [4.78, 5) is 0. The molecule has 1 heteroatoms. The lowest BCUT2D eigenvalue weighted by atomic mass is 10.2. The van der Waals surface area contributed by atoms with Gasteiger partial charge < -0.3 is 4.74 Å². The predicted molar refractivity (Wildman–Crippen MR) is 45.1 cm³/mol. The van der Waals surface area contributed by atoms with Crippen LogP contribution in [0.1, 0.15) is 33.6 Å². The largest absolute Gasteiger partial charge is 0.374 e. The average molecular weight is 142 g/mol. The molecule has 0 radical (unpaired) electrons. The van der Waals surface area contributed by atoms with E-state index in [4.69, 9.17) is 4.74 Å². The third-order valence-electron chi connectivity index (χ3n) is 1.56. The van der Waals surface area contributed by atoms with Crippen LogP contribution in [0.15, 0.2) is 12.2 Å². The molecule has 0 rings (SSSR count). The Labute approximate surface area is 64.1 Å². The summed E-state index contributed by atoms with van der Waals surface area (Å²) in [6, 6.07) is 0. The van der Waals surface area contributed by atoms with Gasteiger partial charge >= 0.3 is 0 Å². The van der Waals surface area contributed by atoms with E-state index >= 15 is 0 Å². The molecule has 0 spiro atoms. The summed E-state index contributed by atoms with van der Waals surface area (Å²) in [5, 5.41) is 0. The molecular formula is C9H18O. The number of ether oxygens (including phenoxy) is 1. The quantitative estimate of drug-likeness (QED) is 0.423. The van der Waals surface area contributed by atoms with Gasteiger partial charge in [0.2, 0.25) is 0 Å². The minimum absolute atomic E-state index is 0.228. The molecule has 0 aliphatic carbocycles. The van der Waals surface area contributed by atoms with Crippen molar-refractivity contribution in [1.29, 1.82) is 0 Å². The Morgan fingerprint density at radius 2 is 2.20 bits per heavy atom. The molecule has 0 aromatic heterocycles. The molecule has 1 atom stereocenters. The second kappa shape index (κ2) is 5.48. The van der Waals surface area contributed by atoms with Crippen molar-refractivity contribution in [2.24, 2.45) is 0 Å². The van der Waals surface area contributed by atoms with Crippen molar-refractivity contribution >= 4 is 0 Å². The molecule has 1 unspecified atom stereocenters. The predicted octanol–water partition coefficient (Wildman–Crippen LogP) is 2.77. The Morgan fingerprint density at radius 3 is 2.60 bits per heavy atom. The fraction of sp³-hybridized carbons (Fsp3) is 0.778. The summed E-state index contributed by atoms with van der Waals surface area (Å²) in [5.74, 6) is 0. The monoisotopic (exact) mass is 142 g/mol. The number of unbranched alkanes of at least 4 members (excludes halogenated alkanes) is 1. The minimum atomic E-state index is 0.228. The van der Waals surface area contributed by atoms with Crippen molar-refractivity contribution in [2.75, 3.05) is 6.61 Å². The fourth-order valence-corrected chi connectivity index (χ4v) is 0.547. The molecule has 0 aliphatic rings. The Hall–Kier alpha value is -0.300. The highest BCUT2D eigenvalue weighted by molar-refractivity contribution is 4.94. The normalized spacial score (nSPS) is 13.1. The van der Waals surface area contributed by atoms with Crippen molar-refractivity contribution in [3.8, 4) is 0 Å². The number of hydrogen-bond acceptors (Lipinski definition) is 1. The summed E-state index contributed by atoms with van der Waals surface area (Å²) < 4.78 is 5.44. The Kier molecular flexibility index (Phi) is 5.32. The lowest BCUT2D eigenvalue weighted by Gasteiger charge is -2.11. The second-order valence-corrected chi connectivity index (χ2v) is 2.71. The highest BCUT2D eigenvalue weighted by Crippen LogP contribution is 2.02. The van der Waals surface area contributed by atoms with Gasteiger partial charge in [0.05, 0.1) is 6.10 Å². The van der Waals surface area contributed by atoms with E-state index in [0.29, 0.717) is 0 Å². The van der Waals surface area contributed by atoms with Gasteiger partial charge in [0, 0.05) is 6.61 Å². The van der Waals surface area contributed by atoms with Gasteiger partial charge in [-0.1, -0.05) is 25.5 Å². The highest BCUT2D eigenvalue weighted by atomic mass is 16.5. The summed E-state index contributed by atoms with van der Waals surface area (Å²) in [6.45, 7) is 10.9. The smallest absolute Gasteiger partial charge is 0.0751 e. The fourth-order valence-electron chi connectivity index (χ4n) is 0.547. The van der Waals surface area contributed by atoms with Gasteiger partial charge in [0.1, 0.15) is 0 Å². The summed E-state index contributed by atoms with van der Waals surface area (Å²) >= 11 is 0. The van der Waals surface area contributed by atoms with Gasteiger partial charge in [-0.05, 0) is 20.3 Å². The van der Waals surface area contributed by atoms with Crippen LogP contribution in [0.4, 0.5) is 0 Å². The van der Waals surface area contributed by atoms with E-state index in [9.17, 15) is 0 Å². The summed E-state index contributed by atoms with van der Waals surface area (Å²) in [5.41, 5.74) is 1.11. The van der Waals surface area contributed by atoms with Crippen molar-refractivity contribution in [3.63, 3.8) is 0 Å². The minimum Gasteiger partial charge on any atom is -0.374 e. The van der Waals surface area contributed by atoms with Gasteiger partial charge in [0.15, 0.2) is 0 Å². The van der Waals surface area contributed by atoms with Crippen molar-refractivity contribution in [1.82, 2.24) is 0 Å². The van der Waals surface area contributed by atoms with E-state index in [0.717, 1.165) is 18.6 Å². The van der Waals surface area contributed by atoms with Crippen molar-refractivity contribution in [2.45, 2.75) is 39.7 Å². The molecular weight excluding hydrogens is 124 g/mol. The molecule has 0 saturated carbocycles. The van der Waals surface area contributed by atoms with Gasteiger partial charge in [-0.2, -0.15) is 0 Å². The average Bonchev–Trinajstić information content (AvgIpc) is 1.88. The first-order valence-electron chi connectivity index (χ1n) is 3.95. The van der Waals surface area contributed by atoms with Crippen LogP contribution < -0.4 is 0 Å². The van der Waals surface area contributed by atoms with Crippen LogP contribution in [0.2, 0.25) is 0 Å². The maximum atomic E-state index is 5.44. The Balaban J connectivity index is 3.21. The highest BCUT2D eigenvalue weighted by Gasteiger charge is 1.99. The summed E-state index contributed by atoms with van der Waals surface area (Å²) in [7, 11) is 0. The molecule has 0 fully saturated rings. The number of rotatable bonds is 5. The molecule has 0 heterocycles. The maximum Gasteiger partial charge on any atom is 0.0751 e. The zero-order chi connectivity index (χ0) is 7.98. The molecule has 0 aromatic rings. The van der Waals surface area contributed by atoms with Crippen LogP contribution in [-0.4, -0.2) is 12.7 Å². The van der Waals surface area contributed by atoms with Gasteiger partial charge in [-0.25, -0.2) is 0 Å². The lowest BCUT2D eigenvalue weighted by Crippen LogP contribution is -2.09. The topological polar surface area (TPSA) is 9.23 Å². The van der Waals surface area contributed by atoms with Gasteiger partial charge in [-0.15, -0.1) is 0 Å². The first-order valence-corrected chi connectivity index (χ1v) is 3.95. The SMILES string of the molecule is C=C(C)C(C)OCCCC. The first-order chi connectivity index (χ1) is 4.68. The Bertz CT molecular complexity index is 96.9. The van der Waals surface area contributed by atoms with E-state index in [1.165, 1.54) is 6.42 Å². The molecule has 1 nitrogen and oxygen atoms in total. The standard InChI is InChI=1S/C9H18O/c1-5-6-7-10-9(4)8(2)3/h9H,2,5-7H2,1,3-4H3. The van der Waals surface area contributed by atoms with E-state index < -0.39 is 0 Å². The van der Waals surface area contributed by atoms with Crippen LogP contribution in [0, 0.1) is 0 Å². The zero-order valence-corrected chi connectivity index (χ0v) is 7.31. The van der Waals surface area contributed by atoms with Crippen LogP contribution in [0.25, 0.3) is 0 Å². The van der Waals surface area contributed by atoms with Crippen LogP contribution in [-0.2, 0) is 4.74 Å². The van der Waals surface area contributed by atoms with Gasteiger partial charge in [-0.3, -0.25) is 0 Å². The van der Waals surface area contributed by atoms with Crippen LogP contribution in [0.5, 0.6) is 0 Å². The third kappa shape index (κ3) is 4.57. The molecule has 0 aromatic carbocycles. The first kappa shape index (κ1) is 9.70. The zero-order valence-electron chi connectivity index (χ0n) is 7.31. The number of hydrogen-bond donors (Lipinski definition) is 0. The lowest BCUT2D eigenvalue weighted by molar-refractivity contribution is 0.0878. The molecule has 0 N–H and O–H groups in total. The van der Waals surface area contributed by atoms with Crippen molar-refractivity contribution < 1.29 is 4.74 Å². The molecule has 10 heavy (non-hydrogen) atoms. The molecule has 60 valence electrons. The Morgan fingerprint density at radius 1 is 1.60 bits per heavy atom. The van der Waals surface area contributed by atoms with E-state index in [-0.39, 0.29) is 6.10 Å². The van der Waals surface area contributed by atoms with Crippen LogP contribution in [0.3, 0.4) is 0 Å². The van der Waals surface area contributed by atoms with Gasteiger partial charge in [0.25, 0.3) is 0 Å². The maximum absolute atomic E-state index is 5.44. The van der Waals surface area contributed by atoms with E-state index in [1.807, 2.05) is 13.8 Å². The third-order valence-corrected chi connectivity index (χ3v) is 1.56. The van der Waals surface area contributed by atoms with E-state index in [2.05, 4.69) is 13.5 Å². The molecule has 0 saturated heterocycles. The van der Waals surface area contributed by atoms with Crippen LogP contribution >= 0.6 is 0 Å². The van der Waals surface area contributed by atoms with E-state index in [1.54, 1.807) is 0 Å². The summed E-state index contributed by atoms with van der Waals surface area (Å²) in [6.07, 6.45) is 2.58. The van der Waals surface area contributed by atoms with Crippen molar-refractivity contribution in [3.05, 3.63) is 12.2 Å². The second-order valence-electron chi connectivity index (χ2n) is 2.71. The molecule has 0 aliphatic heterocycles.